The fourth-order valence-corrected chi connectivity index (χ4v) is 4.61. The minimum Gasteiger partial charge on any atom is -0.493 e. The second-order valence-corrected chi connectivity index (χ2v) is 8.62. The highest BCUT2D eigenvalue weighted by molar-refractivity contribution is 6.07. The summed E-state index contributed by atoms with van der Waals surface area (Å²) in [5.41, 5.74) is 2.93. The molecule has 0 bridgehead atoms. The normalized spacial score (nSPS) is 14.7. The number of aromatic nitrogens is 1. The van der Waals surface area contributed by atoms with E-state index in [1.165, 1.54) is 0 Å². The van der Waals surface area contributed by atoms with Crippen LogP contribution in [0.1, 0.15) is 35.8 Å². The Morgan fingerprint density at radius 3 is 2.24 bits per heavy atom. The summed E-state index contributed by atoms with van der Waals surface area (Å²) in [4.78, 5) is 17.7. The van der Waals surface area contributed by atoms with E-state index in [1.54, 1.807) is 21.3 Å². The number of carbonyl (C=O) groups is 1. The van der Waals surface area contributed by atoms with Gasteiger partial charge in [-0.2, -0.15) is 0 Å². The first kappa shape index (κ1) is 23.0. The van der Waals surface area contributed by atoms with Gasteiger partial charge in [0.15, 0.2) is 11.5 Å². The Bertz CT molecular complexity index is 1130. The van der Waals surface area contributed by atoms with Crippen molar-refractivity contribution >= 4 is 16.8 Å². The van der Waals surface area contributed by atoms with Crippen LogP contribution in [0.15, 0.2) is 42.6 Å². The molecule has 0 saturated carbocycles. The summed E-state index contributed by atoms with van der Waals surface area (Å²) in [6.45, 7) is 7.98. The Kier molecular flexibility index (Phi) is 6.79. The van der Waals surface area contributed by atoms with E-state index in [4.69, 9.17) is 14.2 Å². The SMILES string of the molecule is COc1ccc(CN2CCN(C(=O)c3cn(C(C)C)c4ccccc34)CC2)c(OC)c1OC. The molecule has 0 spiro atoms. The number of carbonyl (C=O) groups excluding carboxylic acids is 1. The highest BCUT2D eigenvalue weighted by Crippen LogP contribution is 2.40. The van der Waals surface area contributed by atoms with Gasteiger partial charge in [-0.1, -0.05) is 24.3 Å². The van der Waals surface area contributed by atoms with Gasteiger partial charge in [0.05, 0.1) is 26.9 Å². The van der Waals surface area contributed by atoms with Crippen molar-refractivity contribution in [1.29, 1.82) is 0 Å². The number of fused-ring (bicyclic) bond motifs is 1. The highest BCUT2D eigenvalue weighted by atomic mass is 16.5. The van der Waals surface area contributed by atoms with E-state index in [0.717, 1.165) is 41.7 Å². The van der Waals surface area contributed by atoms with Gasteiger partial charge in [0.25, 0.3) is 5.91 Å². The lowest BCUT2D eigenvalue weighted by Crippen LogP contribution is -2.48. The van der Waals surface area contributed by atoms with Crippen LogP contribution in [-0.4, -0.2) is 67.8 Å². The number of amides is 1. The maximum atomic E-state index is 13.4. The molecular formula is C26H33N3O4. The lowest BCUT2D eigenvalue weighted by atomic mass is 10.1. The monoisotopic (exact) mass is 451 g/mol. The van der Waals surface area contributed by atoms with Crippen molar-refractivity contribution in [2.75, 3.05) is 47.5 Å². The molecular weight excluding hydrogens is 418 g/mol. The minimum atomic E-state index is 0.106. The molecule has 0 aliphatic carbocycles. The van der Waals surface area contributed by atoms with E-state index >= 15 is 0 Å². The average molecular weight is 452 g/mol. The van der Waals surface area contributed by atoms with Gasteiger partial charge < -0.3 is 23.7 Å². The quantitative estimate of drug-likeness (QED) is 0.539. The second kappa shape index (κ2) is 9.75. The smallest absolute Gasteiger partial charge is 0.256 e. The summed E-state index contributed by atoms with van der Waals surface area (Å²) in [6.07, 6.45) is 2.01. The highest BCUT2D eigenvalue weighted by Gasteiger charge is 2.26. The molecule has 3 aromatic rings. The Morgan fingerprint density at radius 2 is 1.61 bits per heavy atom. The van der Waals surface area contributed by atoms with Gasteiger partial charge in [0, 0.05) is 61.4 Å². The zero-order valence-electron chi connectivity index (χ0n) is 20.1. The number of hydrogen-bond donors (Lipinski definition) is 0. The molecule has 0 N–H and O–H groups in total. The lowest BCUT2D eigenvalue weighted by molar-refractivity contribution is 0.0629. The topological polar surface area (TPSA) is 56.2 Å². The van der Waals surface area contributed by atoms with Gasteiger partial charge in [-0.05, 0) is 26.0 Å². The van der Waals surface area contributed by atoms with Gasteiger partial charge in [-0.25, -0.2) is 0 Å². The summed E-state index contributed by atoms with van der Waals surface area (Å²) in [6, 6.07) is 12.4. The molecule has 176 valence electrons. The number of nitrogens with zero attached hydrogens (tertiary/aromatic N) is 3. The van der Waals surface area contributed by atoms with Crippen LogP contribution >= 0.6 is 0 Å². The molecule has 7 heteroatoms. The van der Waals surface area contributed by atoms with Crippen LogP contribution in [0.4, 0.5) is 0 Å². The van der Waals surface area contributed by atoms with E-state index in [0.29, 0.717) is 36.4 Å². The van der Waals surface area contributed by atoms with Crippen molar-refractivity contribution in [1.82, 2.24) is 14.4 Å². The van der Waals surface area contributed by atoms with Gasteiger partial charge in [-0.15, -0.1) is 0 Å². The van der Waals surface area contributed by atoms with Crippen molar-refractivity contribution in [3.8, 4) is 17.2 Å². The molecule has 2 aromatic carbocycles. The standard InChI is InChI=1S/C26H33N3O4/c1-18(2)29-17-21(20-8-6-7-9-22(20)29)26(30)28-14-12-27(13-15-28)16-19-10-11-23(31-3)25(33-5)24(19)32-4/h6-11,17-18H,12-16H2,1-5H3. The molecule has 4 rings (SSSR count). The van der Waals surface area contributed by atoms with E-state index in [-0.39, 0.29) is 5.91 Å². The van der Waals surface area contributed by atoms with Crippen molar-refractivity contribution in [3.63, 3.8) is 0 Å². The first-order valence-corrected chi connectivity index (χ1v) is 11.4. The molecule has 0 radical (unpaired) electrons. The maximum absolute atomic E-state index is 13.4. The number of para-hydroxylation sites is 1. The molecule has 7 nitrogen and oxygen atoms in total. The van der Waals surface area contributed by atoms with E-state index in [1.807, 2.05) is 41.4 Å². The van der Waals surface area contributed by atoms with Crippen LogP contribution < -0.4 is 14.2 Å². The Morgan fingerprint density at radius 1 is 0.909 bits per heavy atom. The van der Waals surface area contributed by atoms with Crippen molar-refractivity contribution < 1.29 is 19.0 Å². The number of hydrogen-bond acceptors (Lipinski definition) is 5. The number of benzene rings is 2. The third-order valence-corrected chi connectivity index (χ3v) is 6.37. The molecule has 1 aromatic heterocycles. The van der Waals surface area contributed by atoms with E-state index in [9.17, 15) is 4.79 Å². The molecule has 0 unspecified atom stereocenters. The molecule has 33 heavy (non-hydrogen) atoms. The summed E-state index contributed by atoms with van der Waals surface area (Å²) in [5.74, 6) is 2.05. The lowest BCUT2D eigenvalue weighted by Gasteiger charge is -2.35. The maximum Gasteiger partial charge on any atom is 0.256 e. The Balaban J connectivity index is 1.47. The summed E-state index contributed by atoms with van der Waals surface area (Å²) in [5, 5.41) is 1.02. The predicted molar refractivity (Wildman–Crippen MR) is 130 cm³/mol. The third kappa shape index (κ3) is 4.37. The zero-order chi connectivity index (χ0) is 23.5. The molecule has 1 fully saturated rings. The van der Waals surface area contributed by atoms with Crippen LogP contribution in [0.5, 0.6) is 17.2 Å². The van der Waals surface area contributed by atoms with Gasteiger partial charge in [-0.3, -0.25) is 9.69 Å². The van der Waals surface area contributed by atoms with Crippen LogP contribution in [-0.2, 0) is 6.54 Å². The molecule has 1 aliphatic heterocycles. The van der Waals surface area contributed by atoms with E-state index < -0.39 is 0 Å². The summed E-state index contributed by atoms with van der Waals surface area (Å²) in [7, 11) is 4.88. The average Bonchev–Trinajstić information content (AvgIpc) is 3.23. The van der Waals surface area contributed by atoms with Gasteiger partial charge in [0.2, 0.25) is 5.75 Å². The molecule has 1 amide bonds. The molecule has 2 heterocycles. The number of ether oxygens (including phenoxy) is 3. The largest absolute Gasteiger partial charge is 0.493 e. The number of methoxy groups -OCH3 is 3. The van der Waals surface area contributed by atoms with Gasteiger partial charge in [0.1, 0.15) is 0 Å². The summed E-state index contributed by atoms with van der Waals surface area (Å²) < 4.78 is 18.7. The van der Waals surface area contributed by atoms with E-state index in [2.05, 4.69) is 29.4 Å². The molecule has 1 aliphatic rings. The van der Waals surface area contributed by atoms with Crippen molar-refractivity contribution in [2.24, 2.45) is 0 Å². The van der Waals surface area contributed by atoms with Crippen molar-refractivity contribution in [3.05, 3.63) is 53.7 Å². The minimum absolute atomic E-state index is 0.106. The second-order valence-electron chi connectivity index (χ2n) is 8.62. The zero-order valence-corrected chi connectivity index (χ0v) is 20.1. The van der Waals surface area contributed by atoms with Gasteiger partial charge >= 0.3 is 0 Å². The number of rotatable bonds is 7. The fourth-order valence-electron chi connectivity index (χ4n) is 4.61. The Hall–Kier alpha value is -3.19. The first-order valence-electron chi connectivity index (χ1n) is 11.4. The first-order chi connectivity index (χ1) is 16.0. The fraction of sp³-hybridized carbons (Fsp3) is 0.423. The Labute approximate surface area is 195 Å². The predicted octanol–water partition coefficient (Wildman–Crippen LogP) is 4.21. The summed E-state index contributed by atoms with van der Waals surface area (Å²) >= 11 is 0. The molecule has 1 saturated heterocycles. The van der Waals surface area contributed by atoms with Crippen LogP contribution in [0.25, 0.3) is 10.9 Å². The van der Waals surface area contributed by atoms with Crippen LogP contribution in [0.3, 0.4) is 0 Å². The number of piperazine rings is 1. The third-order valence-electron chi connectivity index (χ3n) is 6.37. The van der Waals surface area contributed by atoms with Crippen LogP contribution in [0.2, 0.25) is 0 Å². The van der Waals surface area contributed by atoms with Crippen molar-refractivity contribution in [2.45, 2.75) is 26.4 Å². The van der Waals surface area contributed by atoms with Crippen LogP contribution in [0, 0.1) is 0 Å². The molecule has 0 atom stereocenters.